The first-order chi connectivity index (χ1) is 18.9. The van der Waals surface area contributed by atoms with E-state index in [-0.39, 0.29) is 40.5 Å². The molecule has 4 N–H and O–H groups in total. The second kappa shape index (κ2) is 12.6. The monoisotopic (exact) mass is 556 g/mol. The van der Waals surface area contributed by atoms with E-state index >= 15 is 0 Å². The fraction of sp³-hybridized carbons (Fsp3) is 0.625. The number of ketones is 2. The van der Waals surface area contributed by atoms with Gasteiger partial charge in [0, 0.05) is 17.7 Å². The molecule has 3 rings (SSSR count). The predicted octanol–water partition coefficient (Wildman–Crippen LogP) is 4.43. The molecule has 8 heteroatoms. The summed E-state index contributed by atoms with van der Waals surface area (Å²) in [7, 11) is 0. The molecule has 1 aromatic rings. The number of carbonyl (C=O) groups excluding carboxylic acids is 2. The first-order valence-electron chi connectivity index (χ1n) is 15.2. The number of aliphatic hydroxyl groups is 2. The average molecular weight is 557 g/mol. The number of hydrogen-bond acceptors (Lipinski definition) is 6. The highest BCUT2D eigenvalue weighted by molar-refractivity contribution is 6.30. The number of aliphatic hydroxyl groups excluding tert-OH is 1. The first kappa shape index (κ1) is 32.0. The van der Waals surface area contributed by atoms with Gasteiger partial charge in [-0.1, -0.05) is 12.1 Å². The molecular formula is C32H52N4O4+2. The van der Waals surface area contributed by atoms with Gasteiger partial charge in [-0.25, -0.2) is 0 Å². The molecule has 8 nitrogen and oxygen atoms in total. The fourth-order valence-corrected chi connectivity index (χ4v) is 7.04. The van der Waals surface area contributed by atoms with Crippen LogP contribution in [0.15, 0.2) is 41.2 Å². The molecule has 0 radical (unpaired) electrons. The lowest BCUT2D eigenvalue weighted by Crippen LogP contribution is -2.61. The van der Waals surface area contributed by atoms with E-state index in [1.807, 2.05) is 6.07 Å². The zero-order chi connectivity index (χ0) is 29.9. The van der Waals surface area contributed by atoms with Crippen LogP contribution in [0.3, 0.4) is 0 Å². The molecule has 3 atom stereocenters. The van der Waals surface area contributed by atoms with Crippen LogP contribution < -0.4 is 10.6 Å². The van der Waals surface area contributed by atoms with Crippen LogP contribution in [0.5, 0.6) is 0 Å². The molecule has 0 saturated heterocycles. The van der Waals surface area contributed by atoms with Crippen LogP contribution >= 0.6 is 0 Å². The predicted molar refractivity (Wildman–Crippen MR) is 162 cm³/mol. The van der Waals surface area contributed by atoms with Gasteiger partial charge in [-0.2, -0.15) is 0 Å². The van der Waals surface area contributed by atoms with Crippen molar-refractivity contribution in [2.24, 2.45) is 0 Å². The fourth-order valence-electron chi connectivity index (χ4n) is 7.04. The van der Waals surface area contributed by atoms with Crippen LogP contribution in [-0.2, 0) is 0 Å². The standard InChI is InChI=1S/C32H50N4O4/c1-9-35(10-2,11-3)22(7)20-33-25-17-15-16-24-27(25)31(39)28-26(37)18-19-32(40,29(28)30(24)38)34-21-23(8)36(12-4,13-5)14-6/h15-18,22-23,34,40H,9-14,19-21H2,1-8H3/p+2. The molecule has 0 amide bonds. The molecule has 0 aromatic heterocycles. The molecule has 0 saturated carbocycles. The van der Waals surface area contributed by atoms with Crippen molar-refractivity contribution >= 4 is 17.3 Å². The van der Waals surface area contributed by atoms with E-state index in [1.54, 1.807) is 12.1 Å². The van der Waals surface area contributed by atoms with Gasteiger partial charge in [-0.15, -0.1) is 0 Å². The van der Waals surface area contributed by atoms with Gasteiger partial charge in [-0.05, 0) is 67.5 Å². The quantitative estimate of drug-likeness (QED) is 0.200. The number of anilines is 1. The van der Waals surface area contributed by atoms with Gasteiger partial charge < -0.3 is 24.5 Å². The Balaban J connectivity index is 1.96. The van der Waals surface area contributed by atoms with E-state index in [4.69, 9.17) is 0 Å². The number of allylic oxidation sites excluding steroid dienone is 1. The lowest BCUT2D eigenvalue weighted by atomic mass is 9.74. The summed E-state index contributed by atoms with van der Waals surface area (Å²) in [6, 6.07) is 5.69. The molecular weight excluding hydrogens is 504 g/mol. The van der Waals surface area contributed by atoms with Crippen molar-refractivity contribution in [1.82, 2.24) is 5.32 Å². The van der Waals surface area contributed by atoms with Crippen molar-refractivity contribution in [3.63, 3.8) is 0 Å². The minimum absolute atomic E-state index is 0.00359. The van der Waals surface area contributed by atoms with Gasteiger partial charge >= 0.3 is 0 Å². The number of likely N-dealkylation sites (N-methyl/N-ethyl adjacent to an activating group) is 2. The topological polar surface area (TPSA) is 98.7 Å². The van der Waals surface area contributed by atoms with Crippen LogP contribution in [0.4, 0.5) is 5.69 Å². The second-order valence-corrected chi connectivity index (χ2v) is 11.6. The molecule has 0 spiro atoms. The number of quaternary nitrogens is 2. The Labute approximate surface area is 240 Å². The number of benzene rings is 1. The number of rotatable bonds is 14. The minimum atomic E-state index is -1.75. The third-order valence-electron chi connectivity index (χ3n) is 10.4. The van der Waals surface area contributed by atoms with Gasteiger partial charge in [-0.3, -0.25) is 14.9 Å². The van der Waals surface area contributed by atoms with E-state index < -0.39 is 17.3 Å². The normalized spacial score (nSPS) is 21.1. The highest BCUT2D eigenvalue weighted by atomic mass is 16.3. The molecule has 2 aliphatic rings. The van der Waals surface area contributed by atoms with Crippen molar-refractivity contribution in [2.75, 3.05) is 57.7 Å². The van der Waals surface area contributed by atoms with Crippen LogP contribution in [0, 0.1) is 0 Å². The van der Waals surface area contributed by atoms with Gasteiger partial charge in [0.2, 0.25) is 0 Å². The van der Waals surface area contributed by atoms with E-state index in [0.29, 0.717) is 24.8 Å². The third-order valence-corrected chi connectivity index (χ3v) is 10.4. The Bertz CT molecular complexity index is 1150. The average Bonchev–Trinajstić information content (AvgIpc) is 2.97. The third kappa shape index (κ3) is 5.39. The SMILES string of the molecule is CC[N+](CC)(CC)C(C)CNc1cccc2c1C(=O)C1=C(C2=O)C(O)(NCC(C)[N+](CC)(CC)CC)CC=C1O. The summed E-state index contributed by atoms with van der Waals surface area (Å²) in [5.41, 5.74) is -0.802. The van der Waals surface area contributed by atoms with Crippen molar-refractivity contribution in [3.05, 3.63) is 52.3 Å². The number of Topliss-reactive ketones (excluding diaryl/α,β-unsaturated/α-hetero) is 2. The number of carbonyl (C=O) groups is 2. The number of nitrogens with one attached hydrogen (secondary N) is 2. The molecule has 3 unspecified atom stereocenters. The Morgan fingerprint density at radius 3 is 1.90 bits per heavy atom. The Kier molecular flexibility index (Phi) is 10.0. The van der Waals surface area contributed by atoms with E-state index in [0.717, 1.165) is 48.2 Å². The summed E-state index contributed by atoms with van der Waals surface area (Å²) >= 11 is 0. The molecule has 0 aliphatic heterocycles. The zero-order valence-corrected chi connectivity index (χ0v) is 25.9. The highest BCUT2D eigenvalue weighted by Gasteiger charge is 2.48. The number of fused-ring (bicyclic) bond motifs is 1. The second-order valence-electron chi connectivity index (χ2n) is 11.6. The molecule has 0 bridgehead atoms. The minimum Gasteiger partial charge on any atom is -0.508 e. The van der Waals surface area contributed by atoms with Crippen molar-refractivity contribution < 1.29 is 28.8 Å². The summed E-state index contributed by atoms with van der Waals surface area (Å²) in [6.07, 6.45) is 1.45. The van der Waals surface area contributed by atoms with E-state index in [2.05, 4.69) is 66.0 Å². The van der Waals surface area contributed by atoms with Gasteiger partial charge in [0.25, 0.3) is 0 Å². The van der Waals surface area contributed by atoms with Gasteiger partial charge in [0.05, 0.1) is 75.1 Å². The summed E-state index contributed by atoms with van der Waals surface area (Å²) in [5, 5.41) is 29.4. The van der Waals surface area contributed by atoms with Crippen LogP contribution in [0.2, 0.25) is 0 Å². The Hall–Kier alpha value is -2.52. The molecule has 0 fully saturated rings. The maximum atomic E-state index is 14.0. The lowest BCUT2D eigenvalue weighted by molar-refractivity contribution is -0.943. The summed E-state index contributed by atoms with van der Waals surface area (Å²) < 4.78 is 1.81. The lowest BCUT2D eigenvalue weighted by Gasteiger charge is -2.44. The Morgan fingerprint density at radius 2 is 1.38 bits per heavy atom. The van der Waals surface area contributed by atoms with Crippen molar-refractivity contribution in [2.45, 2.75) is 79.6 Å². The smallest absolute Gasteiger partial charge is 0.200 e. The molecule has 0 heterocycles. The molecule has 40 heavy (non-hydrogen) atoms. The summed E-state index contributed by atoms with van der Waals surface area (Å²) in [4.78, 5) is 27.9. The van der Waals surface area contributed by atoms with Crippen LogP contribution in [0.1, 0.15) is 82.5 Å². The molecule has 2 aliphatic carbocycles. The first-order valence-corrected chi connectivity index (χ1v) is 15.2. The molecule has 222 valence electrons. The van der Waals surface area contributed by atoms with Gasteiger partial charge in [0.15, 0.2) is 17.3 Å². The zero-order valence-electron chi connectivity index (χ0n) is 25.9. The molecule has 1 aromatic carbocycles. The number of hydrogen-bond donors (Lipinski definition) is 4. The van der Waals surface area contributed by atoms with Gasteiger partial charge in [0.1, 0.15) is 11.8 Å². The highest BCUT2D eigenvalue weighted by Crippen LogP contribution is 2.41. The van der Waals surface area contributed by atoms with E-state index in [1.165, 1.54) is 6.08 Å². The maximum absolute atomic E-state index is 14.0. The van der Waals surface area contributed by atoms with E-state index in [9.17, 15) is 19.8 Å². The summed E-state index contributed by atoms with van der Waals surface area (Å²) in [6.45, 7) is 24.4. The van der Waals surface area contributed by atoms with Crippen LogP contribution in [-0.4, -0.2) is 101 Å². The largest absolute Gasteiger partial charge is 0.508 e. The summed E-state index contributed by atoms with van der Waals surface area (Å²) in [5.74, 6) is -1.11. The van der Waals surface area contributed by atoms with Crippen molar-refractivity contribution in [1.29, 1.82) is 0 Å². The number of nitrogens with zero attached hydrogens (tertiary/aromatic N) is 2. The Morgan fingerprint density at radius 1 is 0.850 bits per heavy atom. The maximum Gasteiger partial charge on any atom is 0.200 e. The van der Waals surface area contributed by atoms with Crippen LogP contribution in [0.25, 0.3) is 0 Å². The van der Waals surface area contributed by atoms with Crippen molar-refractivity contribution in [3.8, 4) is 0 Å².